The largest absolute Gasteiger partial charge is 0.508 e. The summed E-state index contributed by atoms with van der Waals surface area (Å²) in [5, 5.41) is 137. The predicted molar refractivity (Wildman–Crippen MR) is 165 cm³/mol. The lowest BCUT2D eigenvalue weighted by atomic mass is 9.85. The molecule has 3 aromatic rings. The molecule has 19 heteroatoms. The van der Waals surface area contributed by atoms with Gasteiger partial charge in [-0.15, -0.1) is 0 Å². The Morgan fingerprint density at radius 3 is 1.82 bits per heavy atom. The van der Waals surface area contributed by atoms with Gasteiger partial charge in [0.2, 0.25) is 6.29 Å². The second-order valence-electron chi connectivity index (χ2n) is 12.7. The minimum atomic E-state index is -2.30. The van der Waals surface area contributed by atoms with Crippen molar-refractivity contribution in [3.63, 3.8) is 0 Å². The van der Waals surface area contributed by atoms with Crippen molar-refractivity contribution in [2.24, 2.45) is 0 Å². The van der Waals surface area contributed by atoms with E-state index in [9.17, 15) is 71.2 Å². The normalized spacial score (nSPS) is 37.2. The Morgan fingerprint density at radius 1 is 0.765 bits per heavy atom. The molecule has 3 aliphatic heterocycles. The van der Waals surface area contributed by atoms with Gasteiger partial charge in [-0.25, -0.2) is 0 Å². The Hall–Kier alpha value is -3.51. The smallest absolute Gasteiger partial charge is 0.229 e. The fourth-order valence-electron chi connectivity index (χ4n) is 6.51. The van der Waals surface area contributed by atoms with Gasteiger partial charge in [-0.3, -0.25) is 4.79 Å². The molecule has 280 valence electrons. The zero-order valence-electron chi connectivity index (χ0n) is 26.4. The van der Waals surface area contributed by atoms with Gasteiger partial charge in [0.15, 0.2) is 11.0 Å². The SMILES string of the molecule is O=c1cc(-c2ccc(O)cc2)oc2c([C@H]3O[C@@H](CO)[C@H](O)[C@@H](O)[C@@H]3O)c(O[C@H]3OC[C@@](O)(CO)[C@@H]3O)c([C@@H]3O[C@@H](CO)[C@H](O)[C@H](O)[C@H]3O)c(O)c12. The van der Waals surface area contributed by atoms with Gasteiger partial charge in [0, 0.05) is 11.6 Å². The number of aliphatic hydroxyl groups is 11. The second-order valence-corrected chi connectivity index (χ2v) is 12.7. The van der Waals surface area contributed by atoms with Crippen LogP contribution in [0.5, 0.6) is 17.2 Å². The highest BCUT2D eigenvalue weighted by atomic mass is 16.7. The molecule has 3 saturated heterocycles. The summed E-state index contributed by atoms with van der Waals surface area (Å²) in [4.78, 5) is 13.9. The average molecular weight is 727 g/mol. The molecule has 0 saturated carbocycles. The fraction of sp³-hybridized carbons (Fsp3) is 0.531. The van der Waals surface area contributed by atoms with Gasteiger partial charge in [0.1, 0.15) is 101 Å². The van der Waals surface area contributed by atoms with Crippen molar-refractivity contribution in [3.05, 3.63) is 51.7 Å². The number of hydrogen-bond acceptors (Lipinski definition) is 19. The van der Waals surface area contributed by atoms with Crippen molar-refractivity contribution >= 4 is 11.0 Å². The summed E-state index contributed by atoms with van der Waals surface area (Å²) in [5.41, 5.74) is -5.01. The topological polar surface area (TPSA) is 330 Å². The van der Waals surface area contributed by atoms with Crippen LogP contribution in [-0.4, -0.2) is 160 Å². The molecule has 4 heterocycles. The van der Waals surface area contributed by atoms with Crippen molar-refractivity contribution in [1.82, 2.24) is 0 Å². The molecular formula is C32H38O19. The molecule has 0 unspecified atom stereocenters. The molecule has 0 spiro atoms. The lowest BCUT2D eigenvalue weighted by Gasteiger charge is -2.43. The Morgan fingerprint density at radius 2 is 1.31 bits per heavy atom. The van der Waals surface area contributed by atoms with Crippen molar-refractivity contribution in [1.29, 1.82) is 0 Å². The van der Waals surface area contributed by atoms with Gasteiger partial charge in [0.05, 0.1) is 37.6 Å². The van der Waals surface area contributed by atoms with Crippen LogP contribution in [0.4, 0.5) is 0 Å². The molecule has 0 amide bonds. The first kappa shape index (κ1) is 37.3. The zero-order chi connectivity index (χ0) is 37.1. The third kappa shape index (κ3) is 6.23. The molecule has 0 bridgehead atoms. The van der Waals surface area contributed by atoms with Crippen molar-refractivity contribution < 1.29 is 89.7 Å². The molecule has 3 aliphatic rings. The van der Waals surface area contributed by atoms with Crippen LogP contribution in [0, 0.1) is 0 Å². The number of aromatic hydroxyl groups is 2. The van der Waals surface area contributed by atoms with Crippen LogP contribution in [0.3, 0.4) is 0 Å². The molecule has 19 nitrogen and oxygen atoms in total. The summed E-state index contributed by atoms with van der Waals surface area (Å²) in [5.74, 6) is -2.17. The maximum Gasteiger partial charge on any atom is 0.229 e. The average Bonchev–Trinajstić information content (AvgIpc) is 3.40. The van der Waals surface area contributed by atoms with Gasteiger partial charge in [0.25, 0.3) is 0 Å². The lowest BCUT2D eigenvalue weighted by molar-refractivity contribution is -0.234. The van der Waals surface area contributed by atoms with Gasteiger partial charge >= 0.3 is 0 Å². The highest BCUT2D eigenvalue weighted by Gasteiger charge is 2.53. The number of rotatable bonds is 8. The maximum atomic E-state index is 13.9. The summed E-state index contributed by atoms with van der Waals surface area (Å²) in [6.45, 7) is -3.59. The quantitative estimate of drug-likeness (QED) is 0.104. The van der Waals surface area contributed by atoms with E-state index in [0.29, 0.717) is 0 Å². The number of fused-ring (bicyclic) bond motifs is 1. The Labute approximate surface area is 286 Å². The van der Waals surface area contributed by atoms with Crippen LogP contribution < -0.4 is 10.2 Å². The molecule has 13 atom stereocenters. The van der Waals surface area contributed by atoms with E-state index in [2.05, 4.69) is 0 Å². The monoisotopic (exact) mass is 726 g/mol. The number of aliphatic hydroxyl groups excluding tert-OH is 10. The van der Waals surface area contributed by atoms with E-state index in [-0.39, 0.29) is 17.1 Å². The van der Waals surface area contributed by atoms with Crippen LogP contribution in [0.15, 0.2) is 39.5 Å². The van der Waals surface area contributed by atoms with E-state index in [1.54, 1.807) is 0 Å². The first-order valence-corrected chi connectivity index (χ1v) is 15.7. The van der Waals surface area contributed by atoms with Gasteiger partial charge < -0.3 is 89.7 Å². The van der Waals surface area contributed by atoms with E-state index in [1.165, 1.54) is 24.3 Å². The molecule has 1 aromatic heterocycles. The molecular weight excluding hydrogens is 688 g/mol. The first-order chi connectivity index (χ1) is 24.2. The van der Waals surface area contributed by atoms with E-state index in [4.69, 9.17) is 23.4 Å². The highest BCUT2D eigenvalue weighted by molar-refractivity contribution is 5.92. The standard InChI is InChI=1S/C32H38O19/c33-6-14-19(38)22(41)24(43)28(49-14)17-21(40)16-12(37)5-13(10-1-3-11(36)4-2-10)48-26(16)18(29-25(44)23(42)20(39)15(7-34)50-29)27(17)51-31-30(45)32(46,8-35)9-47-31/h1-5,14-15,19-20,22-25,28-31,33-36,38-46H,6-9H2/t14-,15-,19-,20-,22-,23+,24+,25-,28-,29+,30+,31+,32-/m0/s1. The molecule has 51 heavy (non-hydrogen) atoms. The minimum absolute atomic E-state index is 0.139. The number of phenols is 2. The molecule has 13 N–H and O–H groups in total. The van der Waals surface area contributed by atoms with Crippen LogP contribution in [0.25, 0.3) is 22.3 Å². The number of hydrogen-bond donors (Lipinski definition) is 13. The fourth-order valence-corrected chi connectivity index (χ4v) is 6.51. The molecule has 0 radical (unpaired) electrons. The lowest BCUT2D eigenvalue weighted by Crippen LogP contribution is -2.56. The summed E-state index contributed by atoms with van der Waals surface area (Å²) in [7, 11) is 0. The van der Waals surface area contributed by atoms with Gasteiger partial charge in [-0.2, -0.15) is 0 Å². The third-order valence-corrected chi connectivity index (χ3v) is 9.49. The molecule has 6 rings (SSSR count). The summed E-state index contributed by atoms with van der Waals surface area (Å²) >= 11 is 0. The molecule has 2 aromatic carbocycles. The Kier molecular flexibility index (Phi) is 10.3. The predicted octanol–water partition coefficient (Wildman–Crippen LogP) is -4.28. The second kappa shape index (κ2) is 14.1. The third-order valence-electron chi connectivity index (χ3n) is 9.49. The van der Waals surface area contributed by atoms with Crippen LogP contribution >= 0.6 is 0 Å². The molecule has 0 aliphatic carbocycles. The number of benzene rings is 2. The maximum absolute atomic E-state index is 13.9. The van der Waals surface area contributed by atoms with Gasteiger partial charge in [-0.05, 0) is 24.3 Å². The summed E-state index contributed by atoms with van der Waals surface area (Å²) < 4.78 is 29.0. The Bertz CT molecular complexity index is 1780. The first-order valence-electron chi connectivity index (χ1n) is 15.7. The van der Waals surface area contributed by atoms with Crippen LogP contribution in [0.1, 0.15) is 23.3 Å². The molecule has 3 fully saturated rings. The number of ether oxygens (including phenoxy) is 4. The Balaban J connectivity index is 1.71. The van der Waals surface area contributed by atoms with E-state index >= 15 is 0 Å². The summed E-state index contributed by atoms with van der Waals surface area (Å²) in [6, 6.07) is 6.21. The van der Waals surface area contributed by atoms with Crippen molar-refractivity contribution in [2.45, 2.75) is 79.0 Å². The van der Waals surface area contributed by atoms with E-state index in [0.717, 1.165) is 6.07 Å². The van der Waals surface area contributed by atoms with Gasteiger partial charge in [-0.1, -0.05) is 0 Å². The van der Waals surface area contributed by atoms with Crippen molar-refractivity contribution in [3.8, 4) is 28.6 Å². The minimum Gasteiger partial charge on any atom is -0.508 e. The van der Waals surface area contributed by atoms with Crippen LogP contribution in [-0.2, 0) is 14.2 Å². The highest BCUT2D eigenvalue weighted by Crippen LogP contribution is 2.52. The van der Waals surface area contributed by atoms with E-state index in [1.807, 2.05) is 0 Å². The van der Waals surface area contributed by atoms with Crippen LogP contribution in [0.2, 0.25) is 0 Å². The van der Waals surface area contributed by atoms with E-state index < -0.39 is 144 Å². The summed E-state index contributed by atoms with van der Waals surface area (Å²) in [6.07, 6.45) is -23.3. The van der Waals surface area contributed by atoms with Crippen molar-refractivity contribution in [2.75, 3.05) is 26.4 Å². The zero-order valence-corrected chi connectivity index (χ0v) is 26.4. The number of phenolic OH excluding ortho intramolecular Hbond substituents is 2.